The van der Waals surface area contributed by atoms with E-state index in [0.29, 0.717) is 18.2 Å². The van der Waals surface area contributed by atoms with Crippen LogP contribution in [-0.4, -0.2) is 25.1 Å². The maximum Gasteiger partial charge on any atom is 0.258 e. The van der Waals surface area contributed by atoms with Gasteiger partial charge in [0.1, 0.15) is 5.75 Å². The van der Waals surface area contributed by atoms with E-state index in [4.69, 9.17) is 10.5 Å². The molecule has 100 valence electrons. The van der Waals surface area contributed by atoms with E-state index in [0.717, 1.165) is 6.42 Å². The number of nitrogens with one attached hydrogen (secondary N) is 1. The number of carbonyl (C=O) groups excluding carboxylic acids is 1. The van der Waals surface area contributed by atoms with Crippen LogP contribution in [0.4, 0.5) is 0 Å². The molecule has 4 heteroatoms. The second-order valence-corrected chi connectivity index (χ2v) is 4.45. The molecule has 0 bridgehead atoms. The Morgan fingerprint density at radius 1 is 1.39 bits per heavy atom. The average molecular weight is 250 g/mol. The van der Waals surface area contributed by atoms with Crippen molar-refractivity contribution in [2.24, 2.45) is 5.73 Å². The summed E-state index contributed by atoms with van der Waals surface area (Å²) in [6.45, 7) is 4.00. The maximum atomic E-state index is 11.1. The minimum Gasteiger partial charge on any atom is -0.481 e. The van der Waals surface area contributed by atoms with Crippen LogP contribution in [0.25, 0.3) is 0 Å². The van der Waals surface area contributed by atoms with Crippen LogP contribution in [0.5, 0.6) is 5.75 Å². The summed E-state index contributed by atoms with van der Waals surface area (Å²) in [7, 11) is 1.95. The van der Waals surface area contributed by atoms with E-state index in [-0.39, 0.29) is 0 Å². The summed E-state index contributed by atoms with van der Waals surface area (Å²) in [6.07, 6.45) is 0.990. The zero-order chi connectivity index (χ0) is 13.5. The molecule has 0 saturated heterocycles. The molecule has 1 aromatic carbocycles. The highest BCUT2D eigenvalue weighted by molar-refractivity contribution is 5.79. The Balaban J connectivity index is 2.62. The maximum absolute atomic E-state index is 11.1. The molecule has 18 heavy (non-hydrogen) atoms. The third-order valence-corrected chi connectivity index (χ3v) is 2.92. The first kappa shape index (κ1) is 14.5. The first-order valence-electron chi connectivity index (χ1n) is 6.29. The lowest BCUT2D eigenvalue weighted by Gasteiger charge is -2.15. The first-order valence-corrected chi connectivity index (χ1v) is 6.29. The fraction of sp³-hybridized carbons (Fsp3) is 0.500. The topological polar surface area (TPSA) is 64.3 Å². The molecule has 1 amide bonds. The van der Waals surface area contributed by atoms with Crippen molar-refractivity contribution < 1.29 is 9.53 Å². The van der Waals surface area contributed by atoms with Gasteiger partial charge in [-0.1, -0.05) is 19.1 Å². The highest BCUT2D eigenvalue weighted by Gasteiger charge is 2.14. The summed E-state index contributed by atoms with van der Waals surface area (Å²) in [4.78, 5) is 11.1. The van der Waals surface area contributed by atoms with Crippen LogP contribution in [-0.2, 0) is 11.2 Å². The van der Waals surface area contributed by atoms with Gasteiger partial charge in [-0.15, -0.1) is 0 Å². The van der Waals surface area contributed by atoms with Crippen LogP contribution < -0.4 is 15.8 Å². The molecule has 2 unspecified atom stereocenters. The van der Waals surface area contributed by atoms with E-state index in [1.165, 1.54) is 5.56 Å². The van der Waals surface area contributed by atoms with Crippen molar-refractivity contribution in [3.8, 4) is 5.75 Å². The van der Waals surface area contributed by atoms with E-state index in [1.54, 1.807) is 0 Å². The van der Waals surface area contributed by atoms with Gasteiger partial charge in [0.25, 0.3) is 5.91 Å². The fourth-order valence-electron chi connectivity index (χ4n) is 1.67. The zero-order valence-corrected chi connectivity index (χ0v) is 11.3. The van der Waals surface area contributed by atoms with E-state index in [9.17, 15) is 4.79 Å². The van der Waals surface area contributed by atoms with Crippen molar-refractivity contribution in [3.63, 3.8) is 0 Å². The number of ether oxygens (including phenoxy) is 1. The molecule has 0 radical (unpaired) electrons. The van der Waals surface area contributed by atoms with Crippen molar-refractivity contribution in [2.45, 2.75) is 38.8 Å². The summed E-state index contributed by atoms with van der Waals surface area (Å²) in [5.41, 5.74) is 6.47. The van der Waals surface area contributed by atoms with Gasteiger partial charge in [-0.25, -0.2) is 0 Å². The largest absolute Gasteiger partial charge is 0.481 e. The SMILES string of the molecule is CCC(Oc1ccc(CC(C)NC)cc1)C(N)=O. The van der Waals surface area contributed by atoms with Crippen molar-refractivity contribution in [1.82, 2.24) is 5.32 Å². The molecular formula is C14H22N2O2. The number of nitrogens with two attached hydrogens (primary N) is 1. The second-order valence-electron chi connectivity index (χ2n) is 4.45. The van der Waals surface area contributed by atoms with E-state index in [2.05, 4.69) is 12.2 Å². The number of benzene rings is 1. The Labute approximate surface area is 109 Å². The minimum atomic E-state index is -0.549. The fourth-order valence-corrected chi connectivity index (χ4v) is 1.67. The molecule has 0 heterocycles. The van der Waals surface area contributed by atoms with Crippen LogP contribution in [0.3, 0.4) is 0 Å². The van der Waals surface area contributed by atoms with Gasteiger partial charge < -0.3 is 15.8 Å². The highest BCUT2D eigenvalue weighted by Crippen LogP contribution is 2.15. The predicted molar refractivity (Wildman–Crippen MR) is 72.6 cm³/mol. The van der Waals surface area contributed by atoms with E-state index in [1.807, 2.05) is 38.2 Å². The van der Waals surface area contributed by atoms with Crippen molar-refractivity contribution in [2.75, 3.05) is 7.05 Å². The van der Waals surface area contributed by atoms with Gasteiger partial charge in [0.2, 0.25) is 0 Å². The number of carbonyl (C=O) groups is 1. The van der Waals surface area contributed by atoms with Gasteiger partial charge in [0, 0.05) is 6.04 Å². The molecule has 0 aliphatic carbocycles. The zero-order valence-electron chi connectivity index (χ0n) is 11.3. The molecule has 3 N–H and O–H groups in total. The third-order valence-electron chi connectivity index (χ3n) is 2.92. The van der Waals surface area contributed by atoms with Gasteiger partial charge >= 0.3 is 0 Å². The molecule has 1 rings (SSSR count). The minimum absolute atomic E-state index is 0.426. The van der Waals surface area contributed by atoms with Crippen molar-refractivity contribution in [3.05, 3.63) is 29.8 Å². The van der Waals surface area contributed by atoms with E-state index >= 15 is 0 Å². The molecule has 0 aromatic heterocycles. The van der Waals surface area contributed by atoms with Gasteiger partial charge in [-0.3, -0.25) is 4.79 Å². The summed E-state index contributed by atoms with van der Waals surface area (Å²) in [5, 5.41) is 3.19. The molecular weight excluding hydrogens is 228 g/mol. The van der Waals surface area contributed by atoms with Gasteiger partial charge in [-0.2, -0.15) is 0 Å². The Bertz CT molecular complexity index is 376. The molecule has 2 atom stereocenters. The van der Waals surface area contributed by atoms with Crippen molar-refractivity contribution >= 4 is 5.91 Å². The van der Waals surface area contributed by atoms with Crippen molar-refractivity contribution in [1.29, 1.82) is 0 Å². The number of primary amides is 1. The molecule has 0 aliphatic rings. The molecule has 1 aromatic rings. The van der Waals surface area contributed by atoms with E-state index < -0.39 is 12.0 Å². The Hall–Kier alpha value is -1.55. The van der Waals surface area contributed by atoms with Gasteiger partial charge in [-0.05, 0) is 44.5 Å². The van der Waals surface area contributed by atoms with Crippen LogP contribution in [0.1, 0.15) is 25.8 Å². The van der Waals surface area contributed by atoms with Crippen LogP contribution in [0.15, 0.2) is 24.3 Å². The lowest BCUT2D eigenvalue weighted by atomic mass is 10.1. The van der Waals surface area contributed by atoms with Gasteiger partial charge in [0.05, 0.1) is 0 Å². The summed E-state index contributed by atoms with van der Waals surface area (Å²) < 4.78 is 5.52. The molecule has 4 nitrogen and oxygen atoms in total. The number of hydrogen-bond donors (Lipinski definition) is 2. The Morgan fingerprint density at radius 3 is 2.44 bits per heavy atom. The summed E-state index contributed by atoms with van der Waals surface area (Å²) >= 11 is 0. The molecule has 0 saturated carbocycles. The smallest absolute Gasteiger partial charge is 0.258 e. The molecule has 0 fully saturated rings. The average Bonchev–Trinajstić information content (AvgIpc) is 2.37. The third kappa shape index (κ3) is 4.37. The first-order chi connectivity index (χ1) is 8.56. The number of hydrogen-bond acceptors (Lipinski definition) is 3. The molecule has 0 spiro atoms. The van der Waals surface area contributed by atoms with Crippen LogP contribution >= 0.6 is 0 Å². The van der Waals surface area contributed by atoms with Crippen LogP contribution in [0, 0.1) is 0 Å². The second kappa shape index (κ2) is 7.01. The predicted octanol–water partition coefficient (Wildman–Crippen LogP) is 1.48. The normalized spacial score (nSPS) is 13.9. The highest BCUT2D eigenvalue weighted by atomic mass is 16.5. The quantitative estimate of drug-likeness (QED) is 0.770. The lowest BCUT2D eigenvalue weighted by Crippen LogP contribution is -2.32. The summed E-state index contributed by atoms with van der Waals surface area (Å²) in [6, 6.07) is 8.21. The Kier molecular flexibility index (Phi) is 5.65. The number of likely N-dealkylation sites (N-methyl/N-ethyl adjacent to an activating group) is 1. The number of rotatable bonds is 7. The standard InChI is InChI=1S/C14H22N2O2/c1-4-13(14(15)17)18-12-7-5-11(6-8-12)9-10(2)16-3/h5-8,10,13,16H,4,9H2,1-3H3,(H2,15,17). The summed E-state index contributed by atoms with van der Waals surface area (Å²) in [5.74, 6) is 0.256. The van der Waals surface area contributed by atoms with Gasteiger partial charge in [0.15, 0.2) is 6.10 Å². The lowest BCUT2D eigenvalue weighted by molar-refractivity contribution is -0.124. The Morgan fingerprint density at radius 2 is 2.00 bits per heavy atom. The van der Waals surface area contributed by atoms with Crippen LogP contribution in [0.2, 0.25) is 0 Å². The number of amides is 1. The monoisotopic (exact) mass is 250 g/mol. The molecule has 0 aliphatic heterocycles.